The molecule has 3 fully saturated rings. The van der Waals surface area contributed by atoms with E-state index in [0.29, 0.717) is 17.6 Å². The summed E-state index contributed by atoms with van der Waals surface area (Å²) in [6.45, 7) is 8.74. The Morgan fingerprint density at radius 1 is 0.848 bits per heavy atom. The molecule has 0 N–H and O–H groups in total. The Balaban J connectivity index is 1.08. The predicted octanol–water partition coefficient (Wildman–Crippen LogP) is 3.11. The molecule has 0 atom stereocenters. The van der Waals surface area contributed by atoms with Crippen LogP contribution in [-0.4, -0.2) is 81.1 Å². The number of fused-ring (bicyclic) bond motifs is 2. The van der Waals surface area contributed by atoms with Gasteiger partial charge in [-0.1, -0.05) is 0 Å². The molecule has 0 radical (unpaired) electrons. The molecular formula is C25H27N7O. The summed E-state index contributed by atoms with van der Waals surface area (Å²) in [5, 5.41) is 0. The van der Waals surface area contributed by atoms with Crippen molar-refractivity contribution in [3.8, 4) is 11.3 Å². The topological polar surface area (TPSA) is 74.4 Å². The molecule has 5 heterocycles. The van der Waals surface area contributed by atoms with Crippen LogP contribution in [0, 0.1) is 6.92 Å². The Morgan fingerprint density at radius 3 is 2.42 bits per heavy atom. The zero-order valence-corrected chi connectivity index (χ0v) is 18.8. The van der Waals surface area contributed by atoms with Crippen molar-refractivity contribution in [2.45, 2.75) is 31.8 Å². The van der Waals surface area contributed by atoms with Gasteiger partial charge in [-0.2, -0.15) is 0 Å². The minimum absolute atomic E-state index is 0.626. The fourth-order valence-electron chi connectivity index (χ4n) is 5.18. The Labute approximate surface area is 192 Å². The van der Waals surface area contributed by atoms with Crippen molar-refractivity contribution >= 4 is 28.1 Å². The van der Waals surface area contributed by atoms with Crippen molar-refractivity contribution in [3.63, 3.8) is 0 Å². The van der Waals surface area contributed by atoms with Crippen LogP contribution in [0.15, 0.2) is 40.9 Å². The van der Waals surface area contributed by atoms with Gasteiger partial charge in [-0.05, 0) is 43.2 Å². The molecule has 8 nitrogen and oxygen atoms in total. The largest absolute Gasteiger partial charge is 0.441 e. The second-order valence-electron chi connectivity index (χ2n) is 9.54. The van der Waals surface area contributed by atoms with Gasteiger partial charge in [-0.15, -0.1) is 0 Å². The third-order valence-corrected chi connectivity index (χ3v) is 7.30. The fraction of sp³-hybridized carbons (Fsp3) is 0.440. The molecule has 1 aromatic carbocycles. The smallest absolute Gasteiger partial charge is 0.192 e. The SMILES string of the molecule is Cc1nc2cc(-c3ccc4ncc(N5CC(N6CCN(C7CC7)CC6)C5)nc4n3)ccc2o1. The molecule has 3 aliphatic rings. The first-order chi connectivity index (χ1) is 16.2. The molecule has 0 amide bonds. The molecule has 8 heteroatoms. The first-order valence-electron chi connectivity index (χ1n) is 11.9. The lowest BCUT2D eigenvalue weighted by atomic mass is 10.1. The number of nitrogens with zero attached hydrogens (tertiary/aromatic N) is 7. The van der Waals surface area contributed by atoms with Crippen LogP contribution in [-0.2, 0) is 0 Å². The highest BCUT2D eigenvalue weighted by Gasteiger charge is 2.37. The number of hydrogen-bond acceptors (Lipinski definition) is 8. The van der Waals surface area contributed by atoms with Crippen LogP contribution >= 0.6 is 0 Å². The van der Waals surface area contributed by atoms with E-state index in [-0.39, 0.29) is 0 Å². The van der Waals surface area contributed by atoms with E-state index in [1.165, 1.54) is 39.0 Å². The van der Waals surface area contributed by atoms with Gasteiger partial charge < -0.3 is 9.32 Å². The molecule has 1 aliphatic carbocycles. The molecule has 2 aliphatic heterocycles. The molecule has 168 valence electrons. The Kier molecular flexibility index (Phi) is 4.38. The third kappa shape index (κ3) is 3.54. The number of rotatable bonds is 4. The molecule has 0 bridgehead atoms. The first-order valence-corrected chi connectivity index (χ1v) is 11.9. The summed E-state index contributed by atoms with van der Waals surface area (Å²) < 4.78 is 5.60. The summed E-state index contributed by atoms with van der Waals surface area (Å²) in [5.41, 5.74) is 5.00. The van der Waals surface area contributed by atoms with Crippen molar-refractivity contribution < 1.29 is 4.42 Å². The Hall–Kier alpha value is -3.10. The minimum atomic E-state index is 0.626. The van der Waals surface area contributed by atoms with Crippen molar-refractivity contribution in [2.75, 3.05) is 44.2 Å². The van der Waals surface area contributed by atoms with Gasteiger partial charge in [0.1, 0.15) is 16.9 Å². The molecule has 7 rings (SSSR count). The van der Waals surface area contributed by atoms with E-state index in [1.54, 1.807) is 0 Å². The van der Waals surface area contributed by atoms with Crippen LogP contribution in [0.1, 0.15) is 18.7 Å². The van der Waals surface area contributed by atoms with Crippen LogP contribution in [0.25, 0.3) is 33.5 Å². The van der Waals surface area contributed by atoms with E-state index >= 15 is 0 Å². The normalized spacial score (nSPS) is 20.6. The Morgan fingerprint density at radius 2 is 1.64 bits per heavy atom. The zero-order valence-electron chi connectivity index (χ0n) is 18.8. The van der Waals surface area contributed by atoms with Crippen LogP contribution in [0.2, 0.25) is 0 Å². The number of aromatic nitrogens is 4. The van der Waals surface area contributed by atoms with E-state index in [4.69, 9.17) is 14.4 Å². The number of benzene rings is 1. The lowest BCUT2D eigenvalue weighted by Gasteiger charge is -2.48. The van der Waals surface area contributed by atoms with Crippen molar-refractivity contribution in [3.05, 3.63) is 42.4 Å². The number of piperazine rings is 1. The van der Waals surface area contributed by atoms with Crippen molar-refractivity contribution in [2.24, 2.45) is 0 Å². The van der Waals surface area contributed by atoms with Crippen LogP contribution < -0.4 is 4.90 Å². The molecule has 0 unspecified atom stereocenters. The number of hydrogen-bond donors (Lipinski definition) is 0. The highest BCUT2D eigenvalue weighted by Crippen LogP contribution is 2.30. The standard InChI is InChI=1S/C25H27N7O/c1-16-27-22-12-17(2-7-23(22)33-16)20-5-6-21-25(28-20)29-24(13-26-21)32-14-19(15-32)31-10-8-30(9-11-31)18-3-4-18/h2,5-7,12-13,18-19H,3-4,8-11,14-15H2,1H3. The van der Waals surface area contributed by atoms with Gasteiger partial charge in [0.15, 0.2) is 17.1 Å². The molecule has 4 aromatic rings. The van der Waals surface area contributed by atoms with Crippen molar-refractivity contribution in [1.29, 1.82) is 0 Å². The van der Waals surface area contributed by atoms with E-state index in [0.717, 1.165) is 52.8 Å². The summed E-state index contributed by atoms with van der Waals surface area (Å²) >= 11 is 0. The van der Waals surface area contributed by atoms with Crippen LogP contribution in [0.4, 0.5) is 5.82 Å². The average Bonchev–Trinajstić information content (AvgIpc) is 3.58. The fourth-order valence-corrected chi connectivity index (χ4v) is 5.18. The average molecular weight is 442 g/mol. The zero-order chi connectivity index (χ0) is 21.9. The van der Waals surface area contributed by atoms with Gasteiger partial charge in [0.2, 0.25) is 0 Å². The summed E-state index contributed by atoms with van der Waals surface area (Å²) in [4.78, 5) is 26.4. The highest BCUT2D eigenvalue weighted by molar-refractivity contribution is 5.82. The molecule has 2 saturated heterocycles. The molecule has 33 heavy (non-hydrogen) atoms. The number of aryl methyl sites for hydroxylation is 1. The van der Waals surface area contributed by atoms with Crippen LogP contribution in [0.3, 0.4) is 0 Å². The second kappa shape index (κ2) is 7.46. The maximum Gasteiger partial charge on any atom is 0.192 e. The maximum absolute atomic E-state index is 5.60. The molecule has 3 aromatic heterocycles. The summed E-state index contributed by atoms with van der Waals surface area (Å²) in [6, 6.07) is 11.5. The van der Waals surface area contributed by atoms with E-state index in [1.807, 2.05) is 43.5 Å². The van der Waals surface area contributed by atoms with Gasteiger partial charge in [-0.3, -0.25) is 9.80 Å². The highest BCUT2D eigenvalue weighted by atomic mass is 16.3. The number of oxazole rings is 1. The van der Waals surface area contributed by atoms with Crippen molar-refractivity contribution in [1.82, 2.24) is 29.7 Å². The second-order valence-corrected chi connectivity index (χ2v) is 9.54. The van der Waals surface area contributed by atoms with E-state index in [9.17, 15) is 0 Å². The van der Waals surface area contributed by atoms with Gasteiger partial charge in [0.25, 0.3) is 0 Å². The predicted molar refractivity (Wildman–Crippen MR) is 127 cm³/mol. The molecule has 0 spiro atoms. The molecular weight excluding hydrogens is 414 g/mol. The quantitative estimate of drug-likeness (QED) is 0.478. The lowest BCUT2D eigenvalue weighted by Crippen LogP contribution is -2.63. The minimum Gasteiger partial charge on any atom is -0.441 e. The monoisotopic (exact) mass is 441 g/mol. The first kappa shape index (κ1) is 19.4. The molecule has 1 saturated carbocycles. The number of pyridine rings is 1. The van der Waals surface area contributed by atoms with E-state index in [2.05, 4.69) is 24.7 Å². The van der Waals surface area contributed by atoms with Crippen LogP contribution in [0.5, 0.6) is 0 Å². The maximum atomic E-state index is 5.60. The summed E-state index contributed by atoms with van der Waals surface area (Å²) in [6.07, 6.45) is 4.69. The van der Waals surface area contributed by atoms with E-state index < -0.39 is 0 Å². The Bertz CT molecular complexity index is 1330. The van der Waals surface area contributed by atoms with Gasteiger partial charge in [-0.25, -0.2) is 19.9 Å². The third-order valence-electron chi connectivity index (χ3n) is 7.30. The van der Waals surface area contributed by atoms with Gasteiger partial charge in [0.05, 0.1) is 11.9 Å². The lowest BCUT2D eigenvalue weighted by molar-refractivity contribution is 0.0791. The summed E-state index contributed by atoms with van der Waals surface area (Å²) in [7, 11) is 0. The van der Waals surface area contributed by atoms with Gasteiger partial charge in [0, 0.05) is 63.8 Å². The number of anilines is 1. The summed E-state index contributed by atoms with van der Waals surface area (Å²) in [5.74, 6) is 1.59. The van der Waals surface area contributed by atoms with Gasteiger partial charge >= 0.3 is 0 Å².